The van der Waals surface area contributed by atoms with Crippen molar-refractivity contribution in [3.05, 3.63) is 88.3 Å². The van der Waals surface area contributed by atoms with Gasteiger partial charge in [0, 0.05) is 24.2 Å². The van der Waals surface area contributed by atoms with Crippen molar-refractivity contribution in [2.75, 3.05) is 5.32 Å². The minimum absolute atomic E-state index is 0.266. The monoisotopic (exact) mass is 366 g/mol. The van der Waals surface area contributed by atoms with Crippen molar-refractivity contribution in [1.82, 2.24) is 15.3 Å². The lowest BCUT2D eigenvalue weighted by molar-refractivity contribution is 0.0945. The van der Waals surface area contributed by atoms with E-state index in [2.05, 4.69) is 20.6 Å². The summed E-state index contributed by atoms with van der Waals surface area (Å²) in [6.45, 7) is 2.73. The van der Waals surface area contributed by atoms with Gasteiger partial charge in [-0.25, -0.2) is 9.97 Å². The third-order valence-corrected chi connectivity index (χ3v) is 4.15. The number of carbonyl (C=O) groups is 1. The number of amides is 1. The van der Waals surface area contributed by atoms with Crippen molar-refractivity contribution in [2.45, 2.75) is 20.0 Å². The van der Waals surface area contributed by atoms with E-state index in [1.807, 2.05) is 48.5 Å². The molecule has 0 aliphatic rings. The Morgan fingerprint density at radius 2 is 1.73 bits per heavy atom. The molecule has 0 saturated carbocycles. The van der Waals surface area contributed by atoms with Crippen LogP contribution in [-0.4, -0.2) is 15.9 Å². The molecule has 3 rings (SSSR count). The molecule has 0 unspecified atom stereocenters. The van der Waals surface area contributed by atoms with Crippen molar-refractivity contribution >= 4 is 23.3 Å². The van der Waals surface area contributed by atoms with Gasteiger partial charge in [-0.15, -0.1) is 0 Å². The van der Waals surface area contributed by atoms with Gasteiger partial charge in [0.15, 0.2) is 0 Å². The number of hydrogen-bond donors (Lipinski definition) is 2. The summed E-state index contributed by atoms with van der Waals surface area (Å²) in [6.07, 6.45) is 0. The standard InChI is InChI=1S/C20H19ClN4O/c1-14-24-18(20(26)23-13-16-9-5-6-10-17(16)21)11-19(25-14)22-12-15-7-3-2-4-8-15/h2-11H,12-13H2,1H3,(H,23,26)(H,22,24,25). The third kappa shape index (κ3) is 4.80. The fourth-order valence-electron chi connectivity index (χ4n) is 2.47. The highest BCUT2D eigenvalue weighted by atomic mass is 35.5. The molecule has 0 saturated heterocycles. The lowest BCUT2D eigenvalue weighted by Gasteiger charge is -2.10. The number of rotatable bonds is 6. The molecule has 1 amide bonds. The fraction of sp³-hybridized carbons (Fsp3) is 0.150. The summed E-state index contributed by atoms with van der Waals surface area (Å²) in [4.78, 5) is 21.0. The topological polar surface area (TPSA) is 66.9 Å². The van der Waals surface area contributed by atoms with Gasteiger partial charge in [-0.3, -0.25) is 4.79 Å². The second-order valence-electron chi connectivity index (χ2n) is 5.80. The van der Waals surface area contributed by atoms with Crippen LogP contribution in [0.1, 0.15) is 27.4 Å². The van der Waals surface area contributed by atoms with Crippen molar-refractivity contribution in [3.8, 4) is 0 Å². The molecule has 0 fully saturated rings. The molecular weight excluding hydrogens is 348 g/mol. The minimum Gasteiger partial charge on any atom is -0.366 e. The van der Waals surface area contributed by atoms with Crippen LogP contribution in [0, 0.1) is 6.92 Å². The number of anilines is 1. The van der Waals surface area contributed by atoms with Crippen LogP contribution in [0.2, 0.25) is 5.02 Å². The summed E-state index contributed by atoms with van der Waals surface area (Å²) >= 11 is 6.12. The Kier molecular flexibility index (Phi) is 5.81. The van der Waals surface area contributed by atoms with Gasteiger partial charge in [0.1, 0.15) is 17.3 Å². The smallest absolute Gasteiger partial charge is 0.270 e. The van der Waals surface area contributed by atoms with Crippen LogP contribution in [0.5, 0.6) is 0 Å². The van der Waals surface area contributed by atoms with E-state index in [-0.39, 0.29) is 5.91 Å². The number of carbonyl (C=O) groups excluding carboxylic acids is 1. The highest BCUT2D eigenvalue weighted by Crippen LogP contribution is 2.15. The van der Waals surface area contributed by atoms with Gasteiger partial charge in [-0.2, -0.15) is 0 Å². The molecule has 0 radical (unpaired) electrons. The van der Waals surface area contributed by atoms with Gasteiger partial charge in [-0.05, 0) is 24.1 Å². The molecule has 2 N–H and O–H groups in total. The molecule has 0 atom stereocenters. The molecular formula is C20H19ClN4O. The minimum atomic E-state index is -0.266. The Morgan fingerprint density at radius 1 is 1.00 bits per heavy atom. The summed E-state index contributed by atoms with van der Waals surface area (Å²) in [5.41, 5.74) is 2.31. The molecule has 5 nitrogen and oxygen atoms in total. The zero-order chi connectivity index (χ0) is 18.4. The van der Waals surface area contributed by atoms with E-state index in [1.165, 1.54) is 0 Å². The van der Waals surface area contributed by atoms with Gasteiger partial charge in [0.05, 0.1) is 0 Å². The number of halogens is 1. The largest absolute Gasteiger partial charge is 0.366 e. The molecule has 0 aliphatic heterocycles. The van der Waals surface area contributed by atoms with Crippen molar-refractivity contribution in [1.29, 1.82) is 0 Å². The Labute approximate surface area is 157 Å². The number of aromatic nitrogens is 2. The summed E-state index contributed by atoms with van der Waals surface area (Å²) in [5, 5.41) is 6.69. The summed E-state index contributed by atoms with van der Waals surface area (Å²) in [5.74, 6) is 0.883. The molecule has 3 aromatic rings. The van der Waals surface area contributed by atoms with Gasteiger partial charge < -0.3 is 10.6 Å². The van der Waals surface area contributed by atoms with Crippen LogP contribution in [0.15, 0.2) is 60.7 Å². The zero-order valence-corrected chi connectivity index (χ0v) is 15.1. The first-order valence-electron chi connectivity index (χ1n) is 8.27. The summed E-state index contributed by atoms with van der Waals surface area (Å²) in [6, 6.07) is 19.0. The average molecular weight is 367 g/mol. The molecule has 0 spiro atoms. The maximum Gasteiger partial charge on any atom is 0.270 e. The van der Waals surface area contributed by atoms with E-state index in [4.69, 9.17) is 11.6 Å². The quantitative estimate of drug-likeness (QED) is 0.692. The Bertz CT molecular complexity index is 899. The van der Waals surface area contributed by atoms with Gasteiger partial charge in [0.25, 0.3) is 5.91 Å². The van der Waals surface area contributed by atoms with E-state index >= 15 is 0 Å². The predicted molar refractivity (Wildman–Crippen MR) is 103 cm³/mol. The SMILES string of the molecule is Cc1nc(NCc2ccccc2)cc(C(=O)NCc2ccccc2Cl)n1. The van der Waals surface area contributed by atoms with Crippen LogP contribution in [0.25, 0.3) is 0 Å². The van der Waals surface area contributed by atoms with Crippen molar-refractivity contribution in [3.63, 3.8) is 0 Å². The molecule has 26 heavy (non-hydrogen) atoms. The van der Waals surface area contributed by atoms with E-state index in [1.54, 1.807) is 19.1 Å². The fourth-order valence-corrected chi connectivity index (χ4v) is 2.67. The highest BCUT2D eigenvalue weighted by Gasteiger charge is 2.11. The summed E-state index contributed by atoms with van der Waals surface area (Å²) < 4.78 is 0. The van der Waals surface area contributed by atoms with Crippen LogP contribution in [-0.2, 0) is 13.1 Å². The molecule has 132 valence electrons. The molecule has 2 aromatic carbocycles. The maximum atomic E-state index is 12.4. The Morgan fingerprint density at radius 3 is 2.50 bits per heavy atom. The van der Waals surface area contributed by atoms with E-state index in [0.717, 1.165) is 11.1 Å². The van der Waals surface area contributed by atoms with Crippen molar-refractivity contribution in [2.24, 2.45) is 0 Å². The normalized spacial score (nSPS) is 10.4. The lowest BCUT2D eigenvalue weighted by Crippen LogP contribution is -2.24. The first kappa shape index (κ1) is 17.9. The Balaban J connectivity index is 1.66. The zero-order valence-electron chi connectivity index (χ0n) is 14.4. The molecule has 0 bridgehead atoms. The summed E-state index contributed by atoms with van der Waals surface area (Å²) in [7, 11) is 0. The van der Waals surface area contributed by atoms with Crippen LogP contribution in [0.4, 0.5) is 5.82 Å². The molecule has 0 aliphatic carbocycles. The van der Waals surface area contributed by atoms with Crippen LogP contribution < -0.4 is 10.6 Å². The second-order valence-corrected chi connectivity index (χ2v) is 6.21. The van der Waals surface area contributed by atoms with E-state index in [0.29, 0.717) is 35.4 Å². The van der Waals surface area contributed by atoms with Gasteiger partial charge >= 0.3 is 0 Å². The Hall–Kier alpha value is -2.92. The first-order valence-corrected chi connectivity index (χ1v) is 8.65. The first-order chi connectivity index (χ1) is 12.6. The predicted octanol–water partition coefficient (Wildman–Crippen LogP) is 3.98. The van der Waals surface area contributed by atoms with Crippen LogP contribution in [0.3, 0.4) is 0 Å². The maximum absolute atomic E-state index is 12.4. The van der Waals surface area contributed by atoms with Crippen molar-refractivity contribution < 1.29 is 4.79 Å². The molecule has 1 aromatic heterocycles. The van der Waals surface area contributed by atoms with Gasteiger partial charge in [0.2, 0.25) is 0 Å². The van der Waals surface area contributed by atoms with Crippen LogP contribution >= 0.6 is 11.6 Å². The number of hydrogen-bond acceptors (Lipinski definition) is 4. The number of benzene rings is 2. The highest BCUT2D eigenvalue weighted by molar-refractivity contribution is 6.31. The average Bonchev–Trinajstić information content (AvgIpc) is 2.66. The van der Waals surface area contributed by atoms with E-state index < -0.39 is 0 Å². The number of nitrogens with zero attached hydrogens (tertiary/aromatic N) is 2. The number of nitrogens with one attached hydrogen (secondary N) is 2. The third-order valence-electron chi connectivity index (χ3n) is 3.78. The second kappa shape index (κ2) is 8.45. The lowest BCUT2D eigenvalue weighted by atomic mass is 10.2. The number of aryl methyl sites for hydroxylation is 1. The van der Waals surface area contributed by atoms with Gasteiger partial charge in [-0.1, -0.05) is 60.1 Å². The molecule has 1 heterocycles. The van der Waals surface area contributed by atoms with E-state index in [9.17, 15) is 4.79 Å². The molecule has 6 heteroatoms.